The van der Waals surface area contributed by atoms with Crippen molar-refractivity contribution in [2.75, 3.05) is 12.3 Å². The van der Waals surface area contributed by atoms with Gasteiger partial charge in [0.05, 0.1) is 0 Å². The van der Waals surface area contributed by atoms with Crippen LogP contribution in [-0.2, 0) is 0 Å². The molecule has 0 spiro atoms. The number of hydrogen-bond acceptors (Lipinski definition) is 0. The van der Waals surface area contributed by atoms with Crippen LogP contribution in [0.4, 0.5) is 0 Å². The van der Waals surface area contributed by atoms with Gasteiger partial charge >= 0.3 is 18.9 Å². The maximum Gasteiger partial charge on any atom is 1.00 e. The van der Waals surface area contributed by atoms with Crippen molar-refractivity contribution < 1.29 is 18.9 Å². The zero-order valence-electron chi connectivity index (χ0n) is 4.86. The first-order valence-electron chi connectivity index (χ1n) is 2.05. The van der Waals surface area contributed by atoms with E-state index in [0.29, 0.717) is 0 Å². The molecule has 0 unspecified atom stereocenters. The van der Waals surface area contributed by atoms with E-state index in [0.717, 1.165) is 0 Å². The average molecular weight is 96.0 g/mol. The standard InChI is InChI=1S/C4H10P.Li/c1-3-5-4-2;/h3-4H2,1-2H3;/q-1;+1. The maximum absolute atomic E-state index is 2.20. The Hall–Kier alpha value is 1.03. The van der Waals surface area contributed by atoms with Crippen LogP contribution in [0.2, 0.25) is 0 Å². The summed E-state index contributed by atoms with van der Waals surface area (Å²) in [6.45, 7) is 4.40. The first-order valence-corrected chi connectivity index (χ1v) is 3.31. The van der Waals surface area contributed by atoms with E-state index >= 15 is 0 Å². The van der Waals surface area contributed by atoms with Gasteiger partial charge in [-0.15, -0.1) is 0 Å². The Labute approximate surface area is 54.0 Å². The monoisotopic (exact) mass is 96.1 g/mol. The van der Waals surface area contributed by atoms with Crippen LogP contribution >= 0.6 is 8.58 Å². The Bertz CT molecular complexity index is 15.0. The third-order valence-electron chi connectivity index (χ3n) is 0.447. The van der Waals surface area contributed by atoms with E-state index in [-0.39, 0.29) is 18.9 Å². The molecule has 0 radical (unpaired) electrons. The van der Waals surface area contributed by atoms with E-state index in [9.17, 15) is 0 Å². The molecule has 0 fully saturated rings. The zero-order chi connectivity index (χ0) is 4.12. The van der Waals surface area contributed by atoms with E-state index in [1.54, 1.807) is 8.58 Å². The summed E-state index contributed by atoms with van der Waals surface area (Å²) in [5.41, 5.74) is 0. The minimum absolute atomic E-state index is 0. The van der Waals surface area contributed by atoms with E-state index in [2.05, 4.69) is 13.8 Å². The maximum atomic E-state index is 2.20. The second-order valence-electron chi connectivity index (χ2n) is 0.856. The van der Waals surface area contributed by atoms with Gasteiger partial charge in [0.1, 0.15) is 0 Å². The fraction of sp³-hybridized carbons (Fsp3) is 1.00. The molecule has 0 aromatic carbocycles. The third kappa shape index (κ3) is 8.90. The van der Waals surface area contributed by atoms with Crippen LogP contribution in [0, 0.1) is 0 Å². The van der Waals surface area contributed by atoms with Crippen molar-refractivity contribution >= 4 is 8.58 Å². The molecule has 2 heteroatoms. The Morgan fingerprint density at radius 1 is 1.17 bits per heavy atom. The van der Waals surface area contributed by atoms with E-state index < -0.39 is 0 Å². The topological polar surface area (TPSA) is 0 Å². The van der Waals surface area contributed by atoms with Crippen molar-refractivity contribution in [1.29, 1.82) is 0 Å². The largest absolute Gasteiger partial charge is 1.00 e. The van der Waals surface area contributed by atoms with Gasteiger partial charge in [-0.05, 0) is 0 Å². The van der Waals surface area contributed by atoms with Gasteiger partial charge in [-0.2, -0.15) is 12.3 Å². The molecule has 32 valence electrons. The van der Waals surface area contributed by atoms with E-state index in [4.69, 9.17) is 0 Å². The summed E-state index contributed by atoms with van der Waals surface area (Å²) < 4.78 is 0. The summed E-state index contributed by atoms with van der Waals surface area (Å²) in [5.74, 6) is 0. The Balaban J connectivity index is 0. The predicted molar refractivity (Wildman–Crippen MR) is 28.0 cm³/mol. The minimum atomic E-state index is 0. The van der Waals surface area contributed by atoms with Crippen molar-refractivity contribution in [2.24, 2.45) is 0 Å². The molecular formula is C4H10LiP. The van der Waals surface area contributed by atoms with Gasteiger partial charge in [-0.3, -0.25) is 0 Å². The molecule has 0 aliphatic rings. The minimum Gasteiger partial charge on any atom is -0.541 e. The molecule has 0 N–H and O–H groups in total. The summed E-state index contributed by atoms with van der Waals surface area (Å²) in [4.78, 5) is 0. The molecular weight excluding hydrogens is 86.0 g/mol. The van der Waals surface area contributed by atoms with Gasteiger partial charge in [-0.1, -0.05) is 13.8 Å². The summed E-state index contributed by atoms with van der Waals surface area (Å²) >= 11 is 0. The fourth-order valence-electron chi connectivity index (χ4n) is 0.224. The summed E-state index contributed by atoms with van der Waals surface area (Å²) in [7, 11) is 1.58. The third-order valence-corrected chi connectivity index (χ3v) is 1.34. The molecule has 0 heterocycles. The van der Waals surface area contributed by atoms with Crippen LogP contribution in [-0.4, -0.2) is 12.3 Å². The van der Waals surface area contributed by atoms with Gasteiger partial charge in [0.15, 0.2) is 0 Å². The second kappa shape index (κ2) is 9.39. The molecule has 0 bridgehead atoms. The van der Waals surface area contributed by atoms with Crippen LogP contribution in [0.5, 0.6) is 0 Å². The molecule has 0 aromatic heterocycles. The molecule has 0 nitrogen and oxygen atoms in total. The van der Waals surface area contributed by atoms with E-state index in [1.165, 1.54) is 12.3 Å². The predicted octanol–water partition coefficient (Wildman–Crippen LogP) is -1.02. The Morgan fingerprint density at radius 3 is 1.50 bits per heavy atom. The Morgan fingerprint density at radius 2 is 1.50 bits per heavy atom. The second-order valence-corrected chi connectivity index (χ2v) is 2.57. The summed E-state index contributed by atoms with van der Waals surface area (Å²) in [5, 5.41) is 0. The normalized spacial score (nSPS) is 7.00. The van der Waals surface area contributed by atoms with Crippen molar-refractivity contribution in [2.45, 2.75) is 13.8 Å². The zero-order valence-corrected chi connectivity index (χ0v) is 5.76. The molecule has 0 saturated heterocycles. The van der Waals surface area contributed by atoms with Gasteiger partial charge < -0.3 is 8.58 Å². The number of rotatable bonds is 2. The molecule has 0 aromatic rings. The molecule has 0 saturated carbocycles. The molecule has 0 aliphatic heterocycles. The fourth-order valence-corrected chi connectivity index (χ4v) is 0.671. The van der Waals surface area contributed by atoms with Crippen molar-refractivity contribution in [3.63, 3.8) is 0 Å². The molecule has 6 heavy (non-hydrogen) atoms. The molecule has 0 amide bonds. The SMILES string of the molecule is CC[P-]CC.[Li+]. The van der Waals surface area contributed by atoms with Crippen molar-refractivity contribution in [3.8, 4) is 0 Å². The molecule has 0 rings (SSSR count). The van der Waals surface area contributed by atoms with Crippen LogP contribution in [0.25, 0.3) is 0 Å². The smallest absolute Gasteiger partial charge is 0.541 e. The molecule has 0 atom stereocenters. The van der Waals surface area contributed by atoms with Crippen LogP contribution in [0.3, 0.4) is 0 Å². The van der Waals surface area contributed by atoms with Crippen LogP contribution in [0.15, 0.2) is 0 Å². The van der Waals surface area contributed by atoms with Gasteiger partial charge in [0, 0.05) is 0 Å². The van der Waals surface area contributed by atoms with Gasteiger partial charge in [0.25, 0.3) is 0 Å². The first-order chi connectivity index (χ1) is 2.41. The molecule has 0 aliphatic carbocycles. The summed E-state index contributed by atoms with van der Waals surface area (Å²) in [6.07, 6.45) is 2.63. The van der Waals surface area contributed by atoms with E-state index in [1.807, 2.05) is 0 Å². The van der Waals surface area contributed by atoms with Crippen molar-refractivity contribution in [3.05, 3.63) is 0 Å². The first kappa shape index (κ1) is 10.1. The van der Waals surface area contributed by atoms with Crippen LogP contribution < -0.4 is 18.9 Å². The van der Waals surface area contributed by atoms with Crippen LogP contribution in [0.1, 0.15) is 13.8 Å². The van der Waals surface area contributed by atoms with Crippen molar-refractivity contribution in [1.82, 2.24) is 0 Å². The van der Waals surface area contributed by atoms with Gasteiger partial charge in [-0.25, -0.2) is 0 Å². The van der Waals surface area contributed by atoms with Gasteiger partial charge in [0.2, 0.25) is 0 Å². The average Bonchev–Trinajstić information content (AvgIpc) is 1.41. The summed E-state index contributed by atoms with van der Waals surface area (Å²) in [6, 6.07) is 0. The number of hydrogen-bond donors (Lipinski definition) is 0. The Kier molecular flexibility index (Phi) is 15.8. The quantitative estimate of drug-likeness (QED) is 0.305.